The highest BCUT2D eigenvalue weighted by molar-refractivity contribution is 5.67. The molecule has 0 aliphatic rings. The first-order valence-corrected chi connectivity index (χ1v) is 8.38. The molecule has 2 unspecified atom stereocenters. The summed E-state index contributed by atoms with van der Waals surface area (Å²) in [4.78, 5) is 11.9. The van der Waals surface area contributed by atoms with E-state index >= 15 is 0 Å². The van der Waals surface area contributed by atoms with Crippen LogP contribution in [0.4, 0.5) is 0 Å². The number of hydrogen-bond donors (Lipinski definition) is 0. The molecule has 0 radical (unpaired) electrons. The standard InChI is InChI=1S/C21H26O3/c1-5-16-23-20(3,18-12-8-6-9-13-18)21(4,24-17(2)22)19-14-10-7-11-15-19/h6-15H,5,16H2,1-4H3. The molecule has 0 bridgehead atoms. The van der Waals surface area contributed by atoms with Gasteiger partial charge in [-0.2, -0.15) is 0 Å². The minimum absolute atomic E-state index is 0.330. The molecule has 0 N–H and O–H groups in total. The average molecular weight is 326 g/mol. The predicted molar refractivity (Wildman–Crippen MR) is 95.6 cm³/mol. The maximum Gasteiger partial charge on any atom is 0.303 e. The van der Waals surface area contributed by atoms with Gasteiger partial charge < -0.3 is 9.47 Å². The molecule has 0 amide bonds. The maximum atomic E-state index is 11.9. The number of ether oxygens (including phenoxy) is 2. The van der Waals surface area contributed by atoms with E-state index in [0.29, 0.717) is 6.61 Å². The smallest absolute Gasteiger partial charge is 0.303 e. The van der Waals surface area contributed by atoms with Gasteiger partial charge in [0.25, 0.3) is 0 Å². The zero-order chi connectivity index (χ0) is 17.6. The van der Waals surface area contributed by atoms with E-state index in [-0.39, 0.29) is 5.97 Å². The molecule has 0 aromatic heterocycles. The molecular formula is C21H26O3. The SMILES string of the molecule is CCCOC(C)(c1ccccc1)C(C)(OC(C)=O)c1ccccc1. The van der Waals surface area contributed by atoms with Gasteiger partial charge in [0, 0.05) is 13.5 Å². The lowest BCUT2D eigenvalue weighted by Crippen LogP contribution is -2.50. The van der Waals surface area contributed by atoms with E-state index < -0.39 is 11.2 Å². The van der Waals surface area contributed by atoms with Crippen LogP contribution >= 0.6 is 0 Å². The molecule has 3 nitrogen and oxygen atoms in total. The van der Waals surface area contributed by atoms with Crippen molar-refractivity contribution in [2.75, 3.05) is 6.61 Å². The second-order valence-electron chi connectivity index (χ2n) is 6.24. The average Bonchev–Trinajstić information content (AvgIpc) is 2.60. The van der Waals surface area contributed by atoms with Gasteiger partial charge in [0.2, 0.25) is 0 Å². The van der Waals surface area contributed by atoms with Crippen molar-refractivity contribution in [3.63, 3.8) is 0 Å². The van der Waals surface area contributed by atoms with E-state index in [9.17, 15) is 4.79 Å². The van der Waals surface area contributed by atoms with E-state index in [1.807, 2.05) is 74.5 Å². The van der Waals surface area contributed by atoms with Crippen LogP contribution in [-0.2, 0) is 25.5 Å². The Labute approximate surface area is 144 Å². The monoisotopic (exact) mass is 326 g/mol. The summed E-state index contributed by atoms with van der Waals surface area (Å²) in [5.41, 5.74) is 0.127. The lowest BCUT2D eigenvalue weighted by atomic mass is 9.75. The number of rotatable bonds is 7. The number of carbonyl (C=O) groups is 1. The molecule has 0 heterocycles. The first kappa shape index (κ1) is 18.2. The maximum absolute atomic E-state index is 11.9. The summed E-state index contributed by atoms with van der Waals surface area (Å²) < 4.78 is 12.2. The minimum Gasteiger partial charge on any atom is -0.451 e. The molecule has 0 aliphatic carbocycles. The topological polar surface area (TPSA) is 35.5 Å². The van der Waals surface area contributed by atoms with Crippen LogP contribution in [0.1, 0.15) is 45.2 Å². The third-order valence-corrected chi connectivity index (χ3v) is 4.50. The second kappa shape index (κ2) is 7.63. The molecule has 2 aromatic carbocycles. The van der Waals surface area contributed by atoms with Gasteiger partial charge in [-0.25, -0.2) is 0 Å². The van der Waals surface area contributed by atoms with Gasteiger partial charge in [0.1, 0.15) is 5.60 Å². The van der Waals surface area contributed by atoms with Crippen LogP contribution in [0.25, 0.3) is 0 Å². The summed E-state index contributed by atoms with van der Waals surface area (Å²) >= 11 is 0. The Kier molecular flexibility index (Phi) is 5.79. The third kappa shape index (κ3) is 3.51. The van der Waals surface area contributed by atoms with Crippen molar-refractivity contribution >= 4 is 5.97 Å². The number of esters is 1. The van der Waals surface area contributed by atoms with Crippen LogP contribution in [0, 0.1) is 0 Å². The van der Waals surface area contributed by atoms with Crippen LogP contribution in [-0.4, -0.2) is 12.6 Å². The molecule has 2 atom stereocenters. The minimum atomic E-state index is -0.948. The summed E-state index contributed by atoms with van der Waals surface area (Å²) in [5, 5.41) is 0. The molecule has 3 heteroatoms. The Balaban J connectivity index is 2.63. The van der Waals surface area contributed by atoms with Crippen molar-refractivity contribution in [1.29, 1.82) is 0 Å². The molecule has 0 aliphatic heterocycles. The highest BCUT2D eigenvalue weighted by atomic mass is 16.6. The van der Waals surface area contributed by atoms with E-state index in [4.69, 9.17) is 9.47 Å². The van der Waals surface area contributed by atoms with Crippen molar-refractivity contribution < 1.29 is 14.3 Å². The fourth-order valence-electron chi connectivity index (χ4n) is 3.03. The number of benzene rings is 2. The Morgan fingerprint density at radius 1 is 0.875 bits per heavy atom. The second-order valence-corrected chi connectivity index (χ2v) is 6.24. The summed E-state index contributed by atoms with van der Waals surface area (Å²) in [6.45, 7) is 8.00. The Morgan fingerprint density at radius 3 is 1.75 bits per heavy atom. The summed E-state index contributed by atoms with van der Waals surface area (Å²) in [7, 11) is 0. The van der Waals surface area contributed by atoms with Gasteiger partial charge in [0.15, 0.2) is 5.60 Å². The first-order chi connectivity index (χ1) is 11.4. The lowest BCUT2D eigenvalue weighted by molar-refractivity contribution is -0.209. The predicted octanol–water partition coefficient (Wildman–Crippen LogP) is 4.81. The first-order valence-electron chi connectivity index (χ1n) is 8.38. The zero-order valence-corrected chi connectivity index (χ0v) is 14.9. The van der Waals surface area contributed by atoms with E-state index in [0.717, 1.165) is 17.5 Å². The van der Waals surface area contributed by atoms with Crippen LogP contribution in [0.2, 0.25) is 0 Å². The molecule has 24 heavy (non-hydrogen) atoms. The van der Waals surface area contributed by atoms with Gasteiger partial charge in [-0.15, -0.1) is 0 Å². The van der Waals surface area contributed by atoms with E-state index in [1.54, 1.807) is 0 Å². The third-order valence-electron chi connectivity index (χ3n) is 4.50. The molecule has 2 aromatic rings. The van der Waals surface area contributed by atoms with Gasteiger partial charge in [-0.3, -0.25) is 4.79 Å². The fourth-order valence-corrected chi connectivity index (χ4v) is 3.03. The van der Waals surface area contributed by atoms with Gasteiger partial charge in [-0.1, -0.05) is 67.6 Å². The van der Waals surface area contributed by atoms with Crippen LogP contribution in [0.15, 0.2) is 60.7 Å². The van der Waals surface area contributed by atoms with Crippen molar-refractivity contribution in [2.45, 2.75) is 45.3 Å². The Bertz CT molecular complexity index is 653. The van der Waals surface area contributed by atoms with Gasteiger partial charge in [0.05, 0.1) is 0 Å². The quantitative estimate of drug-likeness (QED) is 0.685. The summed E-state index contributed by atoms with van der Waals surface area (Å²) in [5.74, 6) is -0.330. The molecule has 0 spiro atoms. The Morgan fingerprint density at radius 2 is 1.33 bits per heavy atom. The van der Waals surface area contributed by atoms with Crippen molar-refractivity contribution in [3.05, 3.63) is 71.8 Å². The highest BCUT2D eigenvalue weighted by Crippen LogP contribution is 2.46. The largest absolute Gasteiger partial charge is 0.451 e. The zero-order valence-electron chi connectivity index (χ0n) is 14.9. The molecule has 0 saturated heterocycles. The van der Waals surface area contributed by atoms with Crippen molar-refractivity contribution in [3.8, 4) is 0 Å². The fraction of sp³-hybridized carbons (Fsp3) is 0.381. The van der Waals surface area contributed by atoms with Crippen LogP contribution in [0.3, 0.4) is 0 Å². The Hall–Kier alpha value is -2.13. The van der Waals surface area contributed by atoms with E-state index in [2.05, 4.69) is 6.92 Å². The summed E-state index contributed by atoms with van der Waals surface area (Å²) in [6.07, 6.45) is 0.882. The normalized spacial score (nSPS) is 16.0. The van der Waals surface area contributed by atoms with Gasteiger partial charge in [-0.05, 0) is 31.4 Å². The number of carbonyl (C=O) groups excluding carboxylic acids is 1. The van der Waals surface area contributed by atoms with Crippen LogP contribution < -0.4 is 0 Å². The van der Waals surface area contributed by atoms with E-state index in [1.165, 1.54) is 6.92 Å². The highest BCUT2D eigenvalue weighted by Gasteiger charge is 2.51. The summed E-state index contributed by atoms with van der Waals surface area (Å²) in [6, 6.07) is 19.7. The van der Waals surface area contributed by atoms with Crippen molar-refractivity contribution in [1.82, 2.24) is 0 Å². The molecular weight excluding hydrogens is 300 g/mol. The number of hydrogen-bond acceptors (Lipinski definition) is 3. The van der Waals surface area contributed by atoms with Crippen LogP contribution in [0.5, 0.6) is 0 Å². The molecule has 0 fully saturated rings. The van der Waals surface area contributed by atoms with Gasteiger partial charge >= 0.3 is 5.97 Å². The molecule has 128 valence electrons. The lowest BCUT2D eigenvalue weighted by Gasteiger charge is -2.46. The van der Waals surface area contributed by atoms with Crippen molar-refractivity contribution in [2.24, 2.45) is 0 Å². The molecule has 0 saturated carbocycles. The molecule has 2 rings (SSSR count).